The Morgan fingerprint density at radius 1 is 1.32 bits per heavy atom. The molecule has 0 aliphatic heterocycles. The zero-order valence-electron chi connectivity index (χ0n) is 10.9. The summed E-state index contributed by atoms with van der Waals surface area (Å²) in [5, 5.41) is 9.08. The summed E-state index contributed by atoms with van der Waals surface area (Å²) in [6.45, 7) is 2.96. The smallest absolute Gasteiger partial charge is 0.318 e. The summed E-state index contributed by atoms with van der Waals surface area (Å²) >= 11 is 0. The van der Waals surface area contributed by atoms with E-state index in [9.17, 15) is 14.0 Å². The second-order valence-corrected chi connectivity index (χ2v) is 4.66. The van der Waals surface area contributed by atoms with Gasteiger partial charge in [0.2, 0.25) is 0 Å². The van der Waals surface area contributed by atoms with Crippen LogP contribution in [0.5, 0.6) is 0 Å². The molecule has 0 fully saturated rings. The van der Waals surface area contributed by atoms with Crippen LogP contribution in [0.15, 0.2) is 24.3 Å². The number of hydrogen-bond donors (Lipinski definition) is 0. The molecule has 0 saturated carbocycles. The topological polar surface area (TPSA) is 67.2 Å². The van der Waals surface area contributed by atoms with Crippen LogP contribution in [-0.4, -0.2) is 18.9 Å². The molecular weight excluding hydrogens is 249 g/mol. The summed E-state index contributed by atoms with van der Waals surface area (Å²) in [6.07, 6.45) is 0. The van der Waals surface area contributed by atoms with Crippen LogP contribution in [0.1, 0.15) is 24.2 Å². The molecule has 0 aliphatic carbocycles. The average Bonchev–Trinajstić information content (AvgIpc) is 2.39. The van der Waals surface area contributed by atoms with E-state index in [2.05, 4.69) is 4.74 Å². The number of carbonyl (C=O) groups excluding carboxylic acids is 2. The number of nitriles is 1. The molecule has 1 rings (SSSR count). The van der Waals surface area contributed by atoms with Gasteiger partial charge in [-0.3, -0.25) is 9.59 Å². The standard InChI is InChI=1S/C14H14FNO3/c1-14(2,8-16)11(13(18)19-3)12(17)9-4-6-10(15)7-5-9/h4-7,11H,1-3H3. The largest absolute Gasteiger partial charge is 0.468 e. The molecule has 5 heteroatoms. The lowest BCUT2D eigenvalue weighted by atomic mass is 9.76. The van der Waals surface area contributed by atoms with Crippen molar-refractivity contribution in [2.24, 2.45) is 11.3 Å². The van der Waals surface area contributed by atoms with Crippen molar-refractivity contribution in [2.75, 3.05) is 7.11 Å². The Morgan fingerprint density at radius 2 is 1.84 bits per heavy atom. The molecule has 0 aromatic heterocycles. The zero-order chi connectivity index (χ0) is 14.6. The first kappa shape index (κ1) is 14.8. The number of nitrogens with zero attached hydrogens (tertiary/aromatic N) is 1. The van der Waals surface area contributed by atoms with Crippen LogP contribution < -0.4 is 0 Å². The number of ketones is 1. The number of halogens is 1. The summed E-state index contributed by atoms with van der Waals surface area (Å²) in [4.78, 5) is 24.0. The predicted octanol–water partition coefficient (Wildman–Crippen LogP) is 2.35. The Balaban J connectivity index is 3.20. The number of hydrogen-bond acceptors (Lipinski definition) is 4. The van der Waals surface area contributed by atoms with Crippen molar-refractivity contribution in [3.63, 3.8) is 0 Å². The molecule has 0 aliphatic rings. The fourth-order valence-corrected chi connectivity index (χ4v) is 1.69. The van der Waals surface area contributed by atoms with Crippen LogP contribution >= 0.6 is 0 Å². The Hall–Kier alpha value is -2.22. The molecule has 1 aromatic rings. The molecule has 4 nitrogen and oxygen atoms in total. The first-order valence-corrected chi connectivity index (χ1v) is 5.62. The summed E-state index contributed by atoms with van der Waals surface area (Å²) in [6, 6.07) is 6.73. The van der Waals surface area contributed by atoms with Crippen LogP contribution in [0.3, 0.4) is 0 Å². The fraction of sp³-hybridized carbons (Fsp3) is 0.357. The molecule has 100 valence electrons. The third-order valence-electron chi connectivity index (χ3n) is 2.84. The zero-order valence-corrected chi connectivity index (χ0v) is 10.9. The van der Waals surface area contributed by atoms with Gasteiger partial charge in [0.15, 0.2) is 5.78 Å². The van der Waals surface area contributed by atoms with Crippen LogP contribution in [0.2, 0.25) is 0 Å². The molecule has 0 radical (unpaired) electrons. The molecule has 0 N–H and O–H groups in total. The molecular formula is C14H14FNO3. The summed E-state index contributed by atoms with van der Waals surface area (Å²) in [5.74, 6) is -3.06. The van der Waals surface area contributed by atoms with Gasteiger partial charge in [-0.1, -0.05) is 0 Å². The number of rotatable bonds is 4. The normalized spacial score (nSPS) is 12.4. The quantitative estimate of drug-likeness (QED) is 0.475. The van der Waals surface area contributed by atoms with Crippen LogP contribution in [0.25, 0.3) is 0 Å². The van der Waals surface area contributed by atoms with E-state index in [4.69, 9.17) is 5.26 Å². The molecule has 0 amide bonds. The van der Waals surface area contributed by atoms with Gasteiger partial charge in [-0.25, -0.2) is 4.39 Å². The highest BCUT2D eigenvalue weighted by molar-refractivity contribution is 6.09. The lowest BCUT2D eigenvalue weighted by molar-refractivity contribution is -0.146. The van der Waals surface area contributed by atoms with Crippen LogP contribution in [-0.2, 0) is 9.53 Å². The van der Waals surface area contributed by atoms with E-state index in [0.29, 0.717) is 0 Å². The first-order chi connectivity index (χ1) is 8.83. The minimum Gasteiger partial charge on any atom is -0.468 e. The van der Waals surface area contributed by atoms with Crippen molar-refractivity contribution in [2.45, 2.75) is 13.8 Å². The van der Waals surface area contributed by atoms with Crippen molar-refractivity contribution in [1.29, 1.82) is 5.26 Å². The van der Waals surface area contributed by atoms with Crippen molar-refractivity contribution in [3.8, 4) is 6.07 Å². The van der Waals surface area contributed by atoms with Crippen LogP contribution in [0, 0.1) is 28.5 Å². The second-order valence-electron chi connectivity index (χ2n) is 4.66. The van der Waals surface area contributed by atoms with Gasteiger partial charge in [0.25, 0.3) is 0 Å². The SMILES string of the molecule is COC(=O)C(C(=O)c1ccc(F)cc1)C(C)(C)C#N. The number of methoxy groups -OCH3 is 1. The second kappa shape index (κ2) is 5.61. The number of ether oxygens (including phenoxy) is 1. The maximum absolute atomic E-state index is 12.8. The maximum atomic E-state index is 12.8. The van der Waals surface area contributed by atoms with Gasteiger partial charge in [-0.15, -0.1) is 0 Å². The molecule has 0 spiro atoms. The van der Waals surface area contributed by atoms with Crippen molar-refractivity contribution < 1.29 is 18.7 Å². The van der Waals surface area contributed by atoms with Gasteiger partial charge >= 0.3 is 5.97 Å². The highest BCUT2D eigenvalue weighted by atomic mass is 19.1. The van der Waals surface area contributed by atoms with Gasteiger partial charge in [-0.2, -0.15) is 5.26 Å². The van der Waals surface area contributed by atoms with E-state index in [1.165, 1.54) is 26.0 Å². The summed E-state index contributed by atoms with van der Waals surface area (Å²) in [7, 11) is 1.15. The van der Waals surface area contributed by atoms with Crippen molar-refractivity contribution in [1.82, 2.24) is 0 Å². The van der Waals surface area contributed by atoms with Crippen molar-refractivity contribution >= 4 is 11.8 Å². The fourth-order valence-electron chi connectivity index (χ4n) is 1.69. The predicted molar refractivity (Wildman–Crippen MR) is 65.6 cm³/mol. The highest BCUT2D eigenvalue weighted by Gasteiger charge is 2.42. The summed E-state index contributed by atoms with van der Waals surface area (Å²) < 4.78 is 17.4. The van der Waals surface area contributed by atoms with Crippen molar-refractivity contribution in [3.05, 3.63) is 35.6 Å². The maximum Gasteiger partial charge on any atom is 0.318 e. The van der Waals surface area contributed by atoms with E-state index in [0.717, 1.165) is 19.2 Å². The molecule has 1 aromatic carbocycles. The Bertz CT molecular complexity index is 529. The number of Topliss-reactive ketones (excluding diaryl/α,β-unsaturated/α-hetero) is 1. The van der Waals surface area contributed by atoms with Crippen LogP contribution in [0.4, 0.5) is 4.39 Å². The minimum atomic E-state index is -1.24. The highest BCUT2D eigenvalue weighted by Crippen LogP contribution is 2.30. The van der Waals surface area contributed by atoms with E-state index < -0.39 is 28.9 Å². The number of benzene rings is 1. The lowest BCUT2D eigenvalue weighted by Gasteiger charge is -2.24. The van der Waals surface area contributed by atoms with E-state index in [1.807, 2.05) is 6.07 Å². The molecule has 0 heterocycles. The number of carbonyl (C=O) groups is 2. The van der Waals surface area contributed by atoms with E-state index >= 15 is 0 Å². The van der Waals surface area contributed by atoms with Gasteiger partial charge < -0.3 is 4.74 Å². The van der Waals surface area contributed by atoms with E-state index in [1.54, 1.807) is 0 Å². The van der Waals surface area contributed by atoms with E-state index in [-0.39, 0.29) is 5.56 Å². The monoisotopic (exact) mass is 263 g/mol. The Labute approximate surface area is 110 Å². The van der Waals surface area contributed by atoms with Gasteiger partial charge in [0.1, 0.15) is 11.7 Å². The van der Waals surface area contributed by atoms with Gasteiger partial charge in [-0.05, 0) is 38.1 Å². The lowest BCUT2D eigenvalue weighted by Crippen LogP contribution is -2.37. The first-order valence-electron chi connectivity index (χ1n) is 5.62. The molecule has 1 unspecified atom stereocenters. The molecule has 0 saturated heterocycles. The number of esters is 1. The third kappa shape index (κ3) is 3.16. The van der Waals surface area contributed by atoms with Gasteiger partial charge in [0.05, 0.1) is 18.6 Å². The molecule has 19 heavy (non-hydrogen) atoms. The Morgan fingerprint density at radius 3 is 2.26 bits per heavy atom. The average molecular weight is 263 g/mol. The molecule has 1 atom stereocenters. The van der Waals surface area contributed by atoms with Gasteiger partial charge in [0, 0.05) is 5.56 Å². The third-order valence-corrected chi connectivity index (χ3v) is 2.84. The summed E-state index contributed by atoms with van der Waals surface area (Å²) in [5.41, 5.74) is -1.04. The Kier molecular flexibility index (Phi) is 4.38. The molecule has 0 bridgehead atoms. The minimum absolute atomic E-state index is 0.167.